The lowest BCUT2D eigenvalue weighted by Crippen LogP contribution is -2.31. The predicted octanol–water partition coefficient (Wildman–Crippen LogP) is 5.20. The van der Waals surface area contributed by atoms with Crippen LogP contribution in [0.3, 0.4) is 0 Å². The highest BCUT2D eigenvalue weighted by Crippen LogP contribution is 2.31. The second kappa shape index (κ2) is 6.99. The molecule has 0 spiro atoms. The maximum absolute atomic E-state index is 12.4. The molecular weight excluding hydrogens is 317 g/mol. The van der Waals surface area contributed by atoms with Gasteiger partial charge in [0.1, 0.15) is 5.88 Å². The number of aryl methyl sites for hydroxylation is 2. The molecular formula is C18H17Cl2NO. The third-order valence-electron chi connectivity index (χ3n) is 3.47. The summed E-state index contributed by atoms with van der Waals surface area (Å²) in [6.07, 6.45) is 0. The largest absolute Gasteiger partial charge is 0.279 e. The third-order valence-corrected chi connectivity index (χ3v) is 3.95. The molecule has 0 aliphatic heterocycles. The smallest absolute Gasteiger partial charge is 0.246 e. The first-order chi connectivity index (χ1) is 10.5. The van der Waals surface area contributed by atoms with Crippen LogP contribution in [0.15, 0.2) is 49.0 Å². The van der Waals surface area contributed by atoms with Crippen LogP contribution in [-0.4, -0.2) is 11.8 Å². The SMILES string of the molecule is C=C(c1ccc(Cl)cc1)N(C(=O)CCl)c1c(C)cccc1C. The molecule has 0 heterocycles. The van der Waals surface area contributed by atoms with Gasteiger partial charge in [-0.05, 0) is 42.7 Å². The number of rotatable bonds is 4. The second-order valence-corrected chi connectivity index (χ2v) is 5.76. The zero-order chi connectivity index (χ0) is 16.3. The maximum atomic E-state index is 12.4. The number of benzene rings is 2. The minimum absolute atomic E-state index is 0.111. The number of halogens is 2. The normalized spacial score (nSPS) is 10.4. The van der Waals surface area contributed by atoms with Gasteiger partial charge in [-0.15, -0.1) is 11.6 Å². The Balaban J connectivity index is 2.54. The standard InChI is InChI=1S/C18H17Cl2NO/c1-12-5-4-6-13(2)18(12)21(17(22)11-19)14(3)15-7-9-16(20)10-8-15/h4-10H,3,11H2,1-2H3. The molecule has 0 bridgehead atoms. The molecule has 2 rings (SSSR count). The minimum atomic E-state index is -0.209. The van der Waals surface area contributed by atoms with E-state index in [-0.39, 0.29) is 11.8 Å². The van der Waals surface area contributed by atoms with E-state index >= 15 is 0 Å². The van der Waals surface area contributed by atoms with Gasteiger partial charge in [-0.1, -0.05) is 48.5 Å². The molecule has 2 nitrogen and oxygen atoms in total. The Morgan fingerprint density at radius 2 is 1.64 bits per heavy atom. The molecule has 0 N–H and O–H groups in total. The Bertz CT molecular complexity index is 687. The van der Waals surface area contributed by atoms with Crippen LogP contribution >= 0.6 is 23.2 Å². The Morgan fingerprint density at radius 1 is 1.09 bits per heavy atom. The summed E-state index contributed by atoms with van der Waals surface area (Å²) in [6, 6.07) is 13.1. The van der Waals surface area contributed by atoms with Crippen LogP contribution in [0.5, 0.6) is 0 Å². The van der Waals surface area contributed by atoms with Crippen molar-refractivity contribution in [2.75, 3.05) is 10.8 Å². The van der Waals surface area contributed by atoms with Crippen LogP contribution in [0, 0.1) is 13.8 Å². The fraction of sp³-hybridized carbons (Fsp3) is 0.167. The van der Waals surface area contributed by atoms with E-state index in [4.69, 9.17) is 23.2 Å². The van der Waals surface area contributed by atoms with Crippen molar-refractivity contribution in [2.45, 2.75) is 13.8 Å². The highest BCUT2D eigenvalue weighted by atomic mass is 35.5. The summed E-state index contributed by atoms with van der Waals surface area (Å²) < 4.78 is 0. The lowest BCUT2D eigenvalue weighted by molar-refractivity contribution is -0.115. The number of hydrogen-bond acceptors (Lipinski definition) is 1. The molecule has 0 aromatic heterocycles. The second-order valence-electron chi connectivity index (χ2n) is 5.06. The van der Waals surface area contributed by atoms with Crippen LogP contribution in [0.2, 0.25) is 5.02 Å². The van der Waals surface area contributed by atoms with Gasteiger partial charge in [0, 0.05) is 10.7 Å². The number of para-hydroxylation sites is 1. The first-order valence-electron chi connectivity index (χ1n) is 6.85. The van der Waals surface area contributed by atoms with Gasteiger partial charge in [0.2, 0.25) is 5.91 Å². The van der Waals surface area contributed by atoms with Crippen molar-refractivity contribution in [1.29, 1.82) is 0 Å². The Kier molecular flexibility index (Phi) is 5.28. The molecule has 114 valence electrons. The minimum Gasteiger partial charge on any atom is -0.279 e. The number of anilines is 1. The van der Waals surface area contributed by atoms with Gasteiger partial charge in [-0.25, -0.2) is 0 Å². The van der Waals surface area contributed by atoms with E-state index in [1.165, 1.54) is 0 Å². The Hall–Kier alpha value is -1.77. The Labute approximate surface area is 141 Å². The van der Waals surface area contributed by atoms with E-state index in [9.17, 15) is 4.79 Å². The van der Waals surface area contributed by atoms with Crippen LogP contribution in [-0.2, 0) is 4.79 Å². The number of carbonyl (C=O) groups excluding carboxylic acids is 1. The van der Waals surface area contributed by atoms with Crippen molar-refractivity contribution in [3.05, 3.63) is 70.8 Å². The van der Waals surface area contributed by atoms with Gasteiger partial charge in [0.05, 0.1) is 5.69 Å². The summed E-state index contributed by atoms with van der Waals surface area (Å²) >= 11 is 11.7. The lowest BCUT2D eigenvalue weighted by atomic mass is 10.0. The number of nitrogens with zero attached hydrogens (tertiary/aromatic N) is 1. The van der Waals surface area contributed by atoms with Gasteiger partial charge >= 0.3 is 0 Å². The fourth-order valence-electron chi connectivity index (χ4n) is 2.40. The molecule has 2 aromatic carbocycles. The maximum Gasteiger partial charge on any atom is 0.246 e. The monoisotopic (exact) mass is 333 g/mol. The molecule has 0 atom stereocenters. The molecule has 0 radical (unpaired) electrons. The zero-order valence-electron chi connectivity index (χ0n) is 12.6. The molecule has 1 amide bonds. The van der Waals surface area contributed by atoms with Gasteiger partial charge in [0.25, 0.3) is 0 Å². The van der Waals surface area contributed by atoms with E-state index in [2.05, 4.69) is 6.58 Å². The van der Waals surface area contributed by atoms with Crippen molar-refractivity contribution in [3.8, 4) is 0 Å². The van der Waals surface area contributed by atoms with E-state index < -0.39 is 0 Å². The number of alkyl halides is 1. The topological polar surface area (TPSA) is 20.3 Å². The highest BCUT2D eigenvalue weighted by Gasteiger charge is 2.22. The van der Waals surface area contributed by atoms with Gasteiger partial charge in [-0.2, -0.15) is 0 Å². The number of amides is 1. The number of carbonyl (C=O) groups is 1. The van der Waals surface area contributed by atoms with Gasteiger partial charge in [-0.3, -0.25) is 9.69 Å². The molecule has 0 unspecified atom stereocenters. The summed E-state index contributed by atoms with van der Waals surface area (Å²) in [7, 11) is 0. The summed E-state index contributed by atoms with van der Waals surface area (Å²) in [6.45, 7) is 8.01. The molecule has 0 aliphatic carbocycles. The highest BCUT2D eigenvalue weighted by molar-refractivity contribution is 6.31. The fourth-order valence-corrected chi connectivity index (χ4v) is 2.65. The summed E-state index contributed by atoms with van der Waals surface area (Å²) in [4.78, 5) is 14.0. The van der Waals surface area contributed by atoms with Crippen molar-refractivity contribution in [1.82, 2.24) is 0 Å². The van der Waals surface area contributed by atoms with E-state index in [1.54, 1.807) is 17.0 Å². The number of hydrogen-bond donors (Lipinski definition) is 0. The molecule has 22 heavy (non-hydrogen) atoms. The summed E-state index contributed by atoms with van der Waals surface area (Å²) in [5.41, 5.74) is 4.22. The zero-order valence-corrected chi connectivity index (χ0v) is 14.1. The Morgan fingerprint density at radius 3 is 2.14 bits per heavy atom. The quantitative estimate of drug-likeness (QED) is 0.704. The molecule has 0 fully saturated rings. The van der Waals surface area contributed by atoms with E-state index in [0.717, 1.165) is 22.4 Å². The lowest BCUT2D eigenvalue weighted by Gasteiger charge is -2.27. The van der Waals surface area contributed by atoms with Crippen molar-refractivity contribution < 1.29 is 4.79 Å². The van der Waals surface area contributed by atoms with Crippen molar-refractivity contribution >= 4 is 40.5 Å². The predicted molar refractivity (Wildman–Crippen MR) is 94.6 cm³/mol. The van der Waals surface area contributed by atoms with Crippen LogP contribution < -0.4 is 4.90 Å². The summed E-state index contributed by atoms with van der Waals surface area (Å²) in [5, 5.41) is 0.638. The molecule has 2 aromatic rings. The van der Waals surface area contributed by atoms with E-state index in [0.29, 0.717) is 10.7 Å². The van der Waals surface area contributed by atoms with Crippen molar-refractivity contribution in [2.24, 2.45) is 0 Å². The summed E-state index contributed by atoms with van der Waals surface area (Å²) in [5.74, 6) is -0.320. The average Bonchev–Trinajstić information content (AvgIpc) is 2.50. The van der Waals surface area contributed by atoms with E-state index in [1.807, 2.05) is 44.2 Å². The average molecular weight is 334 g/mol. The molecule has 0 aliphatic rings. The van der Waals surface area contributed by atoms with Gasteiger partial charge in [0.15, 0.2) is 0 Å². The first kappa shape index (κ1) is 16.6. The molecule has 0 saturated carbocycles. The van der Waals surface area contributed by atoms with Crippen LogP contribution in [0.4, 0.5) is 5.69 Å². The molecule has 4 heteroatoms. The van der Waals surface area contributed by atoms with Crippen LogP contribution in [0.25, 0.3) is 5.70 Å². The first-order valence-corrected chi connectivity index (χ1v) is 7.77. The van der Waals surface area contributed by atoms with Gasteiger partial charge < -0.3 is 0 Å². The van der Waals surface area contributed by atoms with Crippen LogP contribution in [0.1, 0.15) is 16.7 Å². The van der Waals surface area contributed by atoms with Crippen molar-refractivity contribution in [3.63, 3.8) is 0 Å². The molecule has 0 saturated heterocycles. The third kappa shape index (κ3) is 3.34.